The van der Waals surface area contributed by atoms with Gasteiger partial charge in [-0.25, -0.2) is 0 Å². The molecule has 1 atom stereocenters. The first-order valence-electron chi connectivity index (χ1n) is 7.93. The second kappa shape index (κ2) is 6.31. The molecule has 2 heteroatoms. The Morgan fingerprint density at radius 1 is 1.05 bits per heavy atom. The molecule has 0 fully saturated rings. The lowest BCUT2D eigenvalue weighted by molar-refractivity contribution is 0.641. The topological polar surface area (TPSA) is 29.3 Å². The summed E-state index contributed by atoms with van der Waals surface area (Å²) in [4.78, 5) is 2.50. The number of nitrogens with two attached hydrogens (primary N) is 1. The average Bonchev–Trinajstić information content (AvgIpc) is 2.55. The van der Waals surface area contributed by atoms with Crippen molar-refractivity contribution < 1.29 is 0 Å². The normalized spacial score (nSPS) is 15.6. The van der Waals surface area contributed by atoms with Crippen LogP contribution >= 0.6 is 0 Å². The van der Waals surface area contributed by atoms with E-state index in [1.165, 1.54) is 22.4 Å². The van der Waals surface area contributed by atoms with Gasteiger partial charge in [-0.3, -0.25) is 0 Å². The minimum atomic E-state index is 0.253. The van der Waals surface area contributed by atoms with Crippen molar-refractivity contribution in [3.63, 3.8) is 0 Å². The van der Waals surface area contributed by atoms with E-state index < -0.39 is 0 Å². The van der Waals surface area contributed by atoms with E-state index in [9.17, 15) is 0 Å². The number of nitrogens with zero attached hydrogens (tertiary/aromatic N) is 1. The quantitative estimate of drug-likeness (QED) is 0.928. The minimum Gasteiger partial charge on any atom is -0.367 e. The first kappa shape index (κ1) is 14.2. The van der Waals surface area contributed by atoms with Crippen LogP contribution in [0.5, 0.6) is 0 Å². The van der Waals surface area contributed by atoms with Crippen LogP contribution in [0.4, 0.5) is 5.69 Å². The van der Waals surface area contributed by atoms with Crippen molar-refractivity contribution in [2.45, 2.75) is 38.8 Å². The summed E-state index contributed by atoms with van der Waals surface area (Å²) in [5.41, 5.74) is 11.9. The molecule has 0 aliphatic carbocycles. The highest BCUT2D eigenvalue weighted by Crippen LogP contribution is 2.28. The molecule has 0 radical (unpaired) electrons. The van der Waals surface area contributed by atoms with Crippen molar-refractivity contribution in [3.8, 4) is 0 Å². The van der Waals surface area contributed by atoms with Crippen molar-refractivity contribution in [3.05, 3.63) is 65.2 Å². The number of para-hydroxylation sites is 1. The fourth-order valence-corrected chi connectivity index (χ4v) is 3.12. The Hall–Kier alpha value is -1.80. The summed E-state index contributed by atoms with van der Waals surface area (Å²) in [6.07, 6.45) is 3.12. The summed E-state index contributed by atoms with van der Waals surface area (Å²) in [6, 6.07) is 17.8. The van der Waals surface area contributed by atoms with E-state index in [1.807, 2.05) is 0 Å². The predicted octanol–water partition coefficient (Wildman–Crippen LogP) is 3.53. The standard InChI is InChI=1S/C19H24N2/c1-2-18(20)13-16-8-5-6-10-19(16)21-12-11-15-7-3-4-9-17(15)14-21/h3-10,18H,2,11-14,20H2,1H3. The zero-order chi connectivity index (χ0) is 14.7. The van der Waals surface area contributed by atoms with Crippen LogP contribution in [0.3, 0.4) is 0 Å². The molecule has 1 unspecified atom stereocenters. The number of fused-ring (bicyclic) bond motifs is 1. The van der Waals surface area contributed by atoms with Crippen LogP contribution in [0.25, 0.3) is 0 Å². The summed E-state index contributed by atoms with van der Waals surface area (Å²) >= 11 is 0. The van der Waals surface area contributed by atoms with Gasteiger partial charge in [0.2, 0.25) is 0 Å². The molecule has 1 heterocycles. The molecule has 1 aliphatic rings. The highest BCUT2D eigenvalue weighted by Gasteiger charge is 2.18. The van der Waals surface area contributed by atoms with Gasteiger partial charge in [-0.15, -0.1) is 0 Å². The van der Waals surface area contributed by atoms with Crippen LogP contribution in [-0.2, 0) is 19.4 Å². The van der Waals surface area contributed by atoms with Crippen LogP contribution in [0.2, 0.25) is 0 Å². The van der Waals surface area contributed by atoms with Gasteiger partial charge in [0.1, 0.15) is 0 Å². The van der Waals surface area contributed by atoms with Gasteiger partial charge in [0, 0.05) is 24.8 Å². The van der Waals surface area contributed by atoms with Gasteiger partial charge in [-0.2, -0.15) is 0 Å². The first-order chi connectivity index (χ1) is 10.3. The van der Waals surface area contributed by atoms with E-state index in [1.54, 1.807) is 0 Å². The third kappa shape index (κ3) is 3.11. The molecule has 1 aliphatic heterocycles. The molecule has 0 bridgehead atoms. The van der Waals surface area contributed by atoms with Crippen molar-refractivity contribution >= 4 is 5.69 Å². The largest absolute Gasteiger partial charge is 0.367 e. The lowest BCUT2D eigenvalue weighted by Crippen LogP contribution is -2.32. The third-order valence-electron chi connectivity index (χ3n) is 4.47. The van der Waals surface area contributed by atoms with Gasteiger partial charge < -0.3 is 10.6 Å². The molecule has 0 amide bonds. The van der Waals surface area contributed by atoms with Gasteiger partial charge in [0.15, 0.2) is 0 Å². The van der Waals surface area contributed by atoms with E-state index in [4.69, 9.17) is 5.73 Å². The maximum Gasteiger partial charge on any atom is 0.0432 e. The summed E-state index contributed by atoms with van der Waals surface area (Å²) in [7, 11) is 0. The van der Waals surface area contributed by atoms with Gasteiger partial charge >= 0.3 is 0 Å². The Labute approximate surface area is 127 Å². The average molecular weight is 280 g/mol. The van der Waals surface area contributed by atoms with Crippen molar-refractivity contribution in [1.82, 2.24) is 0 Å². The smallest absolute Gasteiger partial charge is 0.0432 e. The molecule has 110 valence electrons. The van der Waals surface area contributed by atoms with Gasteiger partial charge in [-0.1, -0.05) is 49.4 Å². The number of rotatable bonds is 4. The van der Waals surface area contributed by atoms with Gasteiger partial charge in [-0.05, 0) is 42.0 Å². The number of anilines is 1. The van der Waals surface area contributed by atoms with Gasteiger partial charge in [0.25, 0.3) is 0 Å². The molecule has 0 saturated heterocycles. The molecular formula is C19H24N2. The molecule has 3 rings (SSSR count). The van der Waals surface area contributed by atoms with Gasteiger partial charge in [0.05, 0.1) is 0 Å². The Kier molecular flexibility index (Phi) is 4.26. The SMILES string of the molecule is CCC(N)Cc1ccccc1N1CCc2ccccc2C1. The first-order valence-corrected chi connectivity index (χ1v) is 7.93. The highest BCUT2D eigenvalue weighted by atomic mass is 15.1. The Morgan fingerprint density at radius 2 is 1.76 bits per heavy atom. The lowest BCUT2D eigenvalue weighted by atomic mass is 9.97. The Balaban J connectivity index is 1.85. The zero-order valence-electron chi connectivity index (χ0n) is 12.8. The molecule has 2 nitrogen and oxygen atoms in total. The maximum atomic E-state index is 6.16. The van der Waals surface area contributed by atoms with Crippen molar-refractivity contribution in [2.24, 2.45) is 5.73 Å². The summed E-state index contributed by atoms with van der Waals surface area (Å²) in [5, 5.41) is 0. The van der Waals surface area contributed by atoms with Crippen LogP contribution < -0.4 is 10.6 Å². The number of benzene rings is 2. The van der Waals surface area contributed by atoms with E-state index in [-0.39, 0.29) is 6.04 Å². The van der Waals surface area contributed by atoms with Crippen LogP contribution in [0.15, 0.2) is 48.5 Å². The van der Waals surface area contributed by atoms with Crippen LogP contribution in [0.1, 0.15) is 30.0 Å². The molecule has 2 aromatic carbocycles. The van der Waals surface area contributed by atoms with Crippen LogP contribution in [0, 0.1) is 0 Å². The number of hydrogen-bond donors (Lipinski definition) is 1. The highest BCUT2D eigenvalue weighted by molar-refractivity contribution is 5.56. The van der Waals surface area contributed by atoms with Crippen LogP contribution in [-0.4, -0.2) is 12.6 Å². The second-order valence-electron chi connectivity index (χ2n) is 5.94. The van der Waals surface area contributed by atoms with E-state index in [0.717, 1.165) is 32.4 Å². The van der Waals surface area contributed by atoms with Crippen molar-refractivity contribution in [1.29, 1.82) is 0 Å². The van der Waals surface area contributed by atoms with E-state index >= 15 is 0 Å². The molecule has 0 spiro atoms. The predicted molar refractivity (Wildman–Crippen MR) is 89.6 cm³/mol. The second-order valence-corrected chi connectivity index (χ2v) is 5.94. The lowest BCUT2D eigenvalue weighted by Gasteiger charge is -2.32. The molecule has 2 aromatic rings. The molecular weight excluding hydrogens is 256 g/mol. The summed E-state index contributed by atoms with van der Waals surface area (Å²) in [6.45, 7) is 4.26. The fraction of sp³-hybridized carbons (Fsp3) is 0.368. The van der Waals surface area contributed by atoms with E-state index in [2.05, 4.69) is 60.4 Å². The maximum absolute atomic E-state index is 6.16. The Bertz CT molecular complexity index is 606. The van der Waals surface area contributed by atoms with E-state index in [0.29, 0.717) is 0 Å². The molecule has 21 heavy (non-hydrogen) atoms. The number of hydrogen-bond acceptors (Lipinski definition) is 2. The zero-order valence-corrected chi connectivity index (χ0v) is 12.8. The molecule has 0 saturated carbocycles. The summed E-state index contributed by atoms with van der Waals surface area (Å²) < 4.78 is 0. The monoisotopic (exact) mass is 280 g/mol. The summed E-state index contributed by atoms with van der Waals surface area (Å²) in [5.74, 6) is 0. The Morgan fingerprint density at radius 3 is 2.57 bits per heavy atom. The van der Waals surface area contributed by atoms with Crippen molar-refractivity contribution in [2.75, 3.05) is 11.4 Å². The third-order valence-corrected chi connectivity index (χ3v) is 4.47. The fourth-order valence-electron chi connectivity index (χ4n) is 3.12. The minimum absolute atomic E-state index is 0.253. The molecule has 2 N–H and O–H groups in total. The molecule has 0 aromatic heterocycles.